The number of nitrogens with zero attached hydrogens (tertiary/aromatic N) is 1. The number of halogens is 2. The lowest BCUT2D eigenvalue weighted by Crippen LogP contribution is -2.24. The van der Waals surface area contributed by atoms with Gasteiger partial charge in [0.25, 0.3) is 5.91 Å². The second-order valence-electron chi connectivity index (χ2n) is 8.59. The third-order valence-corrected chi connectivity index (χ3v) is 7.12. The van der Waals surface area contributed by atoms with Crippen molar-refractivity contribution in [2.75, 3.05) is 5.32 Å². The Morgan fingerprint density at radius 2 is 1.41 bits per heavy atom. The van der Waals surface area contributed by atoms with E-state index in [-0.39, 0.29) is 28.4 Å². The fourth-order valence-corrected chi connectivity index (χ4v) is 4.90. The van der Waals surface area contributed by atoms with Crippen LogP contribution in [0.1, 0.15) is 42.2 Å². The largest absolute Gasteiger partial charge is 0.321 e. The third-order valence-electron chi connectivity index (χ3n) is 6.38. The molecule has 0 spiro atoms. The molecule has 0 bridgehead atoms. The lowest BCUT2D eigenvalue weighted by atomic mass is 9.83. The molecule has 1 heterocycles. The van der Waals surface area contributed by atoms with Crippen molar-refractivity contribution in [3.8, 4) is 11.3 Å². The van der Waals surface area contributed by atoms with Crippen LogP contribution in [0.4, 0.5) is 5.69 Å². The van der Waals surface area contributed by atoms with Crippen LogP contribution in [0.3, 0.4) is 0 Å². The Morgan fingerprint density at radius 1 is 0.703 bits per heavy atom. The lowest BCUT2D eigenvalue weighted by molar-refractivity contribution is 0.0978. The highest BCUT2D eigenvalue weighted by molar-refractivity contribution is 6.42. The van der Waals surface area contributed by atoms with Crippen LogP contribution in [-0.4, -0.2) is 22.5 Å². The smallest absolute Gasteiger partial charge is 0.256 e. The molecule has 0 fully saturated rings. The summed E-state index contributed by atoms with van der Waals surface area (Å²) >= 11 is 12.3. The van der Waals surface area contributed by atoms with Gasteiger partial charge in [-0.2, -0.15) is 0 Å². The number of nitrogens with one attached hydrogen (secondary N) is 1. The van der Waals surface area contributed by atoms with Crippen LogP contribution in [0.2, 0.25) is 10.0 Å². The summed E-state index contributed by atoms with van der Waals surface area (Å²) in [6.07, 6.45) is 0. The number of carbonyl (C=O) groups is 3. The van der Waals surface area contributed by atoms with Crippen LogP contribution >= 0.6 is 23.2 Å². The molecule has 1 aliphatic carbocycles. The molecule has 0 saturated carbocycles. The molecule has 178 valence electrons. The predicted octanol–water partition coefficient (Wildman–Crippen LogP) is 7.24. The number of aromatic nitrogens is 1. The molecule has 0 radical (unpaired) electrons. The van der Waals surface area contributed by atoms with E-state index in [1.165, 1.54) is 0 Å². The highest BCUT2D eigenvalue weighted by Crippen LogP contribution is 2.34. The highest BCUT2D eigenvalue weighted by atomic mass is 35.5. The Bertz CT molecular complexity index is 1800. The maximum absolute atomic E-state index is 13.7. The van der Waals surface area contributed by atoms with Crippen LogP contribution in [-0.2, 0) is 0 Å². The van der Waals surface area contributed by atoms with E-state index in [2.05, 4.69) is 5.32 Å². The van der Waals surface area contributed by atoms with Gasteiger partial charge in [-0.15, -0.1) is 0 Å². The average molecular weight is 523 g/mol. The van der Waals surface area contributed by atoms with E-state index >= 15 is 0 Å². The van der Waals surface area contributed by atoms with Crippen LogP contribution in [0, 0.1) is 0 Å². The molecule has 5 aromatic rings. The summed E-state index contributed by atoms with van der Waals surface area (Å²) in [6.45, 7) is 0. The summed E-state index contributed by atoms with van der Waals surface area (Å²) in [5.41, 5.74) is 3.60. The zero-order valence-corrected chi connectivity index (χ0v) is 20.6. The Hall–Kier alpha value is -4.32. The van der Waals surface area contributed by atoms with Crippen molar-refractivity contribution in [2.24, 2.45) is 0 Å². The van der Waals surface area contributed by atoms with Gasteiger partial charge >= 0.3 is 0 Å². The fourth-order valence-electron chi connectivity index (χ4n) is 4.61. The van der Waals surface area contributed by atoms with Crippen molar-refractivity contribution in [3.63, 3.8) is 0 Å². The van der Waals surface area contributed by atoms with Crippen molar-refractivity contribution >= 4 is 57.3 Å². The minimum Gasteiger partial charge on any atom is -0.321 e. The summed E-state index contributed by atoms with van der Waals surface area (Å²) in [7, 11) is 0. The Kier molecular flexibility index (Phi) is 5.60. The minimum absolute atomic E-state index is 0.183. The number of benzene rings is 4. The number of pyridine rings is 1. The first kappa shape index (κ1) is 23.1. The fraction of sp³-hybridized carbons (Fsp3) is 0. The Labute approximate surface area is 221 Å². The standard InChI is InChI=1S/C30H16Cl2N2O3/c31-22-13-12-16(14-23(22)32)26-15-21(17-6-3-4-10-24(17)33-26)30(37)34-25-11-5-9-20-27(25)29(36)19-8-2-1-7-18(19)28(20)35/h1-15H,(H,34,37). The molecule has 37 heavy (non-hydrogen) atoms. The van der Waals surface area contributed by atoms with Crippen molar-refractivity contribution in [2.45, 2.75) is 0 Å². The minimum atomic E-state index is -0.438. The molecule has 1 amide bonds. The summed E-state index contributed by atoms with van der Waals surface area (Å²) < 4.78 is 0. The van der Waals surface area contributed by atoms with Crippen LogP contribution in [0.15, 0.2) is 91.0 Å². The number of hydrogen-bond donors (Lipinski definition) is 1. The molecule has 1 N–H and O–H groups in total. The number of rotatable bonds is 3. The number of carbonyl (C=O) groups excluding carboxylic acids is 3. The van der Waals surface area contributed by atoms with E-state index in [0.29, 0.717) is 48.9 Å². The summed E-state index contributed by atoms with van der Waals surface area (Å²) in [5.74, 6) is -0.998. The zero-order chi connectivity index (χ0) is 25.7. The molecule has 0 unspecified atom stereocenters. The van der Waals surface area contributed by atoms with E-state index in [1.807, 2.05) is 18.2 Å². The molecular weight excluding hydrogens is 507 g/mol. The van der Waals surface area contributed by atoms with Crippen LogP contribution < -0.4 is 5.32 Å². The van der Waals surface area contributed by atoms with E-state index in [4.69, 9.17) is 28.2 Å². The van der Waals surface area contributed by atoms with Gasteiger partial charge in [0.2, 0.25) is 0 Å². The van der Waals surface area contributed by atoms with Gasteiger partial charge in [-0.1, -0.05) is 83.9 Å². The van der Waals surface area contributed by atoms with Gasteiger partial charge in [-0.3, -0.25) is 14.4 Å². The number of anilines is 1. The third kappa shape index (κ3) is 3.89. The number of para-hydroxylation sites is 1. The first-order chi connectivity index (χ1) is 17.9. The van der Waals surface area contributed by atoms with E-state index < -0.39 is 5.91 Å². The van der Waals surface area contributed by atoms with E-state index in [1.54, 1.807) is 72.8 Å². The second-order valence-corrected chi connectivity index (χ2v) is 9.40. The molecule has 4 aromatic carbocycles. The summed E-state index contributed by atoms with van der Waals surface area (Å²) in [4.78, 5) is 44.8. The molecular formula is C30H16Cl2N2O3. The van der Waals surface area contributed by atoms with Gasteiger partial charge in [-0.05, 0) is 30.3 Å². The van der Waals surface area contributed by atoms with Crippen molar-refractivity contribution in [3.05, 3.63) is 129 Å². The van der Waals surface area contributed by atoms with Gasteiger partial charge in [0.15, 0.2) is 11.6 Å². The monoisotopic (exact) mass is 522 g/mol. The average Bonchev–Trinajstić information content (AvgIpc) is 2.92. The molecule has 0 atom stereocenters. The topological polar surface area (TPSA) is 76.1 Å². The van der Waals surface area contributed by atoms with Gasteiger partial charge in [0, 0.05) is 27.6 Å². The molecule has 7 heteroatoms. The maximum atomic E-state index is 13.7. The maximum Gasteiger partial charge on any atom is 0.256 e. The van der Waals surface area contributed by atoms with E-state index in [9.17, 15) is 14.4 Å². The van der Waals surface area contributed by atoms with Gasteiger partial charge in [0.1, 0.15) is 0 Å². The molecule has 6 rings (SSSR count). The molecule has 1 aliphatic rings. The van der Waals surface area contributed by atoms with Crippen molar-refractivity contribution in [1.29, 1.82) is 0 Å². The second kappa shape index (κ2) is 8.96. The Balaban J connectivity index is 1.45. The first-order valence-corrected chi connectivity index (χ1v) is 12.2. The highest BCUT2D eigenvalue weighted by Gasteiger charge is 2.32. The number of ketones is 2. The van der Waals surface area contributed by atoms with Gasteiger partial charge in [0.05, 0.1) is 38.1 Å². The number of amides is 1. The van der Waals surface area contributed by atoms with Gasteiger partial charge in [-0.25, -0.2) is 4.98 Å². The summed E-state index contributed by atoms with van der Waals surface area (Å²) in [5, 5.41) is 4.30. The first-order valence-electron chi connectivity index (χ1n) is 11.4. The quantitative estimate of drug-likeness (QED) is 0.265. The number of hydrogen-bond acceptors (Lipinski definition) is 4. The zero-order valence-electron chi connectivity index (χ0n) is 19.1. The molecule has 0 saturated heterocycles. The molecule has 5 nitrogen and oxygen atoms in total. The lowest BCUT2D eigenvalue weighted by Gasteiger charge is -2.20. The normalized spacial score (nSPS) is 12.3. The number of fused-ring (bicyclic) bond motifs is 3. The SMILES string of the molecule is O=C1c2ccccc2C(=O)c2c(NC(=O)c3cc(-c4ccc(Cl)c(Cl)c4)nc4ccccc34)cccc21. The molecule has 1 aromatic heterocycles. The molecule has 0 aliphatic heterocycles. The summed E-state index contributed by atoms with van der Waals surface area (Å²) in [6, 6.07) is 25.7. The van der Waals surface area contributed by atoms with E-state index in [0.717, 1.165) is 0 Å². The van der Waals surface area contributed by atoms with Crippen LogP contribution in [0.25, 0.3) is 22.2 Å². The van der Waals surface area contributed by atoms with Gasteiger partial charge < -0.3 is 5.32 Å². The van der Waals surface area contributed by atoms with Crippen LogP contribution in [0.5, 0.6) is 0 Å². The predicted molar refractivity (Wildman–Crippen MR) is 145 cm³/mol. The Morgan fingerprint density at radius 3 is 2.19 bits per heavy atom. The van der Waals surface area contributed by atoms with Crippen molar-refractivity contribution < 1.29 is 14.4 Å². The van der Waals surface area contributed by atoms with Crippen molar-refractivity contribution in [1.82, 2.24) is 4.98 Å².